The van der Waals surface area contributed by atoms with Crippen LogP contribution in [-0.2, 0) is 61.6 Å². The van der Waals surface area contributed by atoms with Crippen molar-refractivity contribution in [3.8, 4) is 0 Å². The Bertz CT molecular complexity index is 2030. The van der Waals surface area contributed by atoms with E-state index < -0.39 is 152 Å². The van der Waals surface area contributed by atoms with Crippen LogP contribution in [0.2, 0.25) is 0 Å². The fourth-order valence-electron chi connectivity index (χ4n) is 11.2. The molecule has 78 heavy (non-hydrogen) atoms. The summed E-state index contributed by atoms with van der Waals surface area (Å²) in [7, 11) is 5.79. The molecule has 0 bridgehead atoms. The van der Waals surface area contributed by atoms with Gasteiger partial charge in [0.2, 0.25) is 5.79 Å². The van der Waals surface area contributed by atoms with E-state index in [0.717, 1.165) is 5.57 Å². The van der Waals surface area contributed by atoms with Crippen LogP contribution >= 0.6 is 0 Å². The number of allylic oxidation sites excluding steroid dienone is 7. The average Bonchev–Trinajstić information content (AvgIpc) is 3.44. The molecule has 0 spiro atoms. The molecule has 0 aliphatic carbocycles. The van der Waals surface area contributed by atoms with Gasteiger partial charge in [0.05, 0.1) is 73.2 Å². The van der Waals surface area contributed by atoms with Crippen LogP contribution in [0.5, 0.6) is 0 Å². The molecular formula is C57H94O21. The lowest BCUT2D eigenvalue weighted by Crippen LogP contribution is -2.66. The molecule has 5 heterocycles. The van der Waals surface area contributed by atoms with E-state index in [1.165, 1.54) is 42.3 Å². The maximum atomic E-state index is 14.1. The molecule has 5 aliphatic rings. The van der Waals surface area contributed by atoms with Crippen LogP contribution < -0.4 is 0 Å². The highest BCUT2D eigenvalue weighted by Crippen LogP contribution is 2.43. The van der Waals surface area contributed by atoms with Crippen molar-refractivity contribution in [2.75, 3.05) is 35.0 Å². The molecule has 1 unspecified atom stereocenters. The van der Waals surface area contributed by atoms with Gasteiger partial charge in [-0.05, 0) is 67.4 Å². The Balaban J connectivity index is 1.36. The van der Waals surface area contributed by atoms with Gasteiger partial charge in [-0.15, -0.1) is 0 Å². The highest BCUT2D eigenvalue weighted by atomic mass is 16.7. The summed E-state index contributed by atoms with van der Waals surface area (Å²) in [6.45, 7) is 17.2. The second-order valence-electron chi connectivity index (χ2n) is 22.5. The normalized spacial score (nSPS) is 46.7. The largest absolute Gasteiger partial charge is 0.456 e. The van der Waals surface area contributed by atoms with Crippen LogP contribution in [0.25, 0.3) is 0 Å². The second-order valence-corrected chi connectivity index (χ2v) is 22.5. The summed E-state index contributed by atoms with van der Waals surface area (Å²) in [5.41, 5.74) is 0.141. The fraction of sp³-hybridized carbons (Fsp3) is 0.807. The maximum Gasteiger partial charge on any atom is 0.334 e. The van der Waals surface area contributed by atoms with Crippen molar-refractivity contribution in [1.82, 2.24) is 0 Å². The van der Waals surface area contributed by atoms with E-state index in [1.807, 2.05) is 38.2 Å². The third-order valence-electron chi connectivity index (χ3n) is 16.2. The summed E-state index contributed by atoms with van der Waals surface area (Å²) in [5.74, 6) is -5.44. The van der Waals surface area contributed by atoms with E-state index >= 15 is 0 Å². The minimum atomic E-state index is -2.54. The summed E-state index contributed by atoms with van der Waals surface area (Å²) >= 11 is 0. The number of cyclic esters (lactones) is 1. The third-order valence-corrected chi connectivity index (χ3v) is 16.2. The Labute approximate surface area is 461 Å². The number of hydrogen-bond donors (Lipinski definition) is 8. The van der Waals surface area contributed by atoms with Crippen molar-refractivity contribution in [1.29, 1.82) is 0 Å². The molecule has 4 fully saturated rings. The highest BCUT2D eigenvalue weighted by Gasteiger charge is 2.57. The molecule has 5 aliphatic heterocycles. The van der Waals surface area contributed by atoms with E-state index in [0.29, 0.717) is 12.0 Å². The van der Waals surface area contributed by atoms with Gasteiger partial charge >= 0.3 is 5.97 Å². The Morgan fingerprint density at radius 3 is 2.09 bits per heavy atom. The molecule has 0 amide bonds. The van der Waals surface area contributed by atoms with E-state index in [-0.39, 0.29) is 50.2 Å². The average molecular weight is 1120 g/mol. The van der Waals surface area contributed by atoms with E-state index in [4.69, 9.17) is 56.8 Å². The number of aliphatic hydroxyl groups is 8. The lowest BCUT2D eigenvalue weighted by Gasteiger charge is -2.51. The quantitative estimate of drug-likeness (QED) is 0.109. The van der Waals surface area contributed by atoms with Gasteiger partial charge in [-0.1, -0.05) is 68.4 Å². The number of rotatable bonds is 15. The van der Waals surface area contributed by atoms with Crippen LogP contribution in [0, 0.1) is 17.8 Å². The Morgan fingerprint density at radius 1 is 0.769 bits per heavy atom. The predicted molar refractivity (Wildman–Crippen MR) is 283 cm³/mol. The van der Waals surface area contributed by atoms with Gasteiger partial charge < -0.3 is 97.7 Å². The fourth-order valence-corrected chi connectivity index (χ4v) is 11.2. The van der Waals surface area contributed by atoms with Crippen molar-refractivity contribution in [3.63, 3.8) is 0 Å². The van der Waals surface area contributed by atoms with Crippen molar-refractivity contribution in [3.05, 3.63) is 59.3 Å². The lowest BCUT2D eigenvalue weighted by molar-refractivity contribution is -0.366. The van der Waals surface area contributed by atoms with Crippen molar-refractivity contribution in [2.45, 2.75) is 242 Å². The first-order valence-electron chi connectivity index (χ1n) is 27.5. The molecule has 0 saturated carbocycles. The molecule has 0 aromatic heterocycles. The molecule has 21 heteroatoms. The Morgan fingerprint density at radius 2 is 1.45 bits per heavy atom. The summed E-state index contributed by atoms with van der Waals surface area (Å²) in [6, 6.07) is 0. The van der Waals surface area contributed by atoms with Crippen molar-refractivity contribution in [2.24, 2.45) is 17.8 Å². The molecule has 4 saturated heterocycles. The molecule has 0 radical (unpaired) electrons. The van der Waals surface area contributed by atoms with Gasteiger partial charge in [0.25, 0.3) is 0 Å². The number of carbonyl (C=O) groups excluding carboxylic acids is 1. The van der Waals surface area contributed by atoms with Crippen LogP contribution in [0.1, 0.15) is 108 Å². The first-order chi connectivity index (χ1) is 36.7. The molecule has 0 aromatic carbocycles. The van der Waals surface area contributed by atoms with Crippen LogP contribution in [0.3, 0.4) is 0 Å². The Kier molecular flexibility index (Phi) is 25.1. The smallest absolute Gasteiger partial charge is 0.334 e. The minimum Gasteiger partial charge on any atom is -0.456 e. The number of aliphatic hydroxyl groups excluding tert-OH is 6. The van der Waals surface area contributed by atoms with Crippen molar-refractivity contribution >= 4 is 5.97 Å². The van der Waals surface area contributed by atoms with Crippen molar-refractivity contribution < 1.29 is 102 Å². The zero-order valence-corrected chi connectivity index (χ0v) is 48.2. The summed E-state index contributed by atoms with van der Waals surface area (Å²) in [5, 5.41) is 92.4. The van der Waals surface area contributed by atoms with Gasteiger partial charge in [0, 0.05) is 77.4 Å². The molecule has 8 N–H and O–H groups in total. The number of methoxy groups -OCH3 is 4. The third kappa shape index (κ3) is 16.8. The monoisotopic (exact) mass is 1110 g/mol. The maximum absolute atomic E-state index is 14.1. The minimum absolute atomic E-state index is 0.00790. The summed E-state index contributed by atoms with van der Waals surface area (Å²) < 4.78 is 71.8. The van der Waals surface area contributed by atoms with Gasteiger partial charge in [0.15, 0.2) is 18.9 Å². The highest BCUT2D eigenvalue weighted by molar-refractivity contribution is 5.88. The van der Waals surface area contributed by atoms with Gasteiger partial charge in [0.1, 0.15) is 42.7 Å². The van der Waals surface area contributed by atoms with Crippen LogP contribution in [-0.4, -0.2) is 216 Å². The van der Waals surface area contributed by atoms with Gasteiger partial charge in [-0.3, -0.25) is 0 Å². The second kappa shape index (κ2) is 29.6. The van der Waals surface area contributed by atoms with Crippen LogP contribution in [0.15, 0.2) is 59.3 Å². The SMILES string of the molecule is COC[C@@H](CC1O[C@@](O)([C@H](O)[C@@H]2C[C@H](OC)[C@@H](O)CC/C=C(C)/C=C/[C@@H](O[C@H]3O[C@@H](C)[C@H](OC)[C@@H](O)[C@@H]3O)[C@H](C)/C=C/C=C(C)/C=C(\C)C(=O)O2)[C@H](C)[C@@H](O)[C@H]1C)O[C@H]1C[C@](C)(O)[C@@H](O[C@H]2C[C@@H](OC)[C@H](O)[C@@H](C)O2)[C@H](C)O1. The zero-order valence-electron chi connectivity index (χ0n) is 48.2. The van der Waals surface area contributed by atoms with Gasteiger partial charge in [-0.25, -0.2) is 4.79 Å². The number of hydrogen-bond acceptors (Lipinski definition) is 21. The zero-order chi connectivity index (χ0) is 58.0. The number of carbonyl (C=O) groups is 1. The summed E-state index contributed by atoms with van der Waals surface area (Å²) in [6.07, 6.45) is -6.64. The molecule has 448 valence electrons. The molecule has 0 aromatic rings. The molecule has 5 rings (SSSR count). The summed E-state index contributed by atoms with van der Waals surface area (Å²) in [4.78, 5) is 14.1. The lowest BCUT2D eigenvalue weighted by atomic mass is 9.76. The molecule has 25 atom stereocenters. The first-order valence-corrected chi connectivity index (χ1v) is 27.5. The molecule has 21 nitrogen and oxygen atoms in total. The van der Waals surface area contributed by atoms with Crippen LogP contribution in [0.4, 0.5) is 0 Å². The number of ether oxygens (including phenoxy) is 12. The standard InChI is InChI=1S/C57H94O21/c1-29-17-16-20-39(58)42(68-12)25-44(75-54(64)32(4)23-30(2)18-15-19-31(3)40(22-21-29)76-55-50(62)49(61)51(70-14)36(8)73-55)52(63)57(66)34(6)47(59)33(5)41(78-57)24-38(28-67-11)74-46-27-56(10,65)53(37(9)72-46)77-45-26-43(69-13)48(60)35(7)71-45/h15,17-19,21-23,31,33-53,55,58-63,65-66H,16,20,24-28H2,1-14H3/b19-15+,22-21+,29-17+,30-18+,32-23+/t31-,33+,34-,35-,36+,37+,38-,39+,40-,41?,42+,43-,44+,45+,46+,47+,48-,49+,50+,51+,52-,53+,55-,56+,57-/m1/s1. The van der Waals surface area contributed by atoms with Gasteiger partial charge in [-0.2, -0.15) is 0 Å². The topological polar surface area (TPSA) is 290 Å². The van der Waals surface area contributed by atoms with E-state index in [2.05, 4.69) is 0 Å². The molecular weight excluding hydrogens is 1020 g/mol. The predicted octanol–water partition coefficient (Wildman–Crippen LogP) is 3.20. The number of esters is 1. The Hall–Kier alpha value is -2.59. The first kappa shape index (κ1) is 66.2. The van der Waals surface area contributed by atoms with E-state index in [1.54, 1.807) is 59.8 Å². The van der Waals surface area contributed by atoms with E-state index in [9.17, 15) is 45.6 Å².